The van der Waals surface area contributed by atoms with E-state index in [2.05, 4.69) is 12.2 Å². The standard InChI is InChI=1S/C13H28N2O2S/c1-4-13-7-6-9-15(10-8-13)18(16,17)12(3)11-14-5-2/h12-14H,4-11H2,1-3H3. The highest BCUT2D eigenvalue weighted by molar-refractivity contribution is 7.89. The van der Waals surface area contributed by atoms with Crippen molar-refractivity contribution in [1.29, 1.82) is 0 Å². The van der Waals surface area contributed by atoms with Crippen molar-refractivity contribution in [1.82, 2.24) is 9.62 Å². The minimum atomic E-state index is -3.12. The zero-order chi connectivity index (χ0) is 13.6. The molecule has 0 aromatic heterocycles. The van der Waals surface area contributed by atoms with Gasteiger partial charge in [0, 0.05) is 19.6 Å². The van der Waals surface area contributed by atoms with Gasteiger partial charge in [-0.05, 0) is 38.6 Å². The van der Waals surface area contributed by atoms with E-state index in [1.807, 2.05) is 6.92 Å². The van der Waals surface area contributed by atoms with Gasteiger partial charge in [-0.2, -0.15) is 0 Å². The van der Waals surface area contributed by atoms with Crippen LogP contribution in [0, 0.1) is 5.92 Å². The molecule has 0 aliphatic carbocycles. The number of rotatable bonds is 6. The van der Waals surface area contributed by atoms with Gasteiger partial charge >= 0.3 is 0 Å². The second-order valence-corrected chi connectivity index (χ2v) is 7.62. The van der Waals surface area contributed by atoms with Crippen molar-refractivity contribution in [3.63, 3.8) is 0 Å². The Bertz CT molecular complexity index is 330. The Balaban J connectivity index is 2.61. The largest absolute Gasteiger partial charge is 0.316 e. The van der Waals surface area contributed by atoms with Crippen LogP contribution in [0.4, 0.5) is 0 Å². The summed E-state index contributed by atoms with van der Waals surface area (Å²) in [5, 5.41) is 2.80. The summed E-state index contributed by atoms with van der Waals surface area (Å²) in [7, 11) is -3.12. The van der Waals surface area contributed by atoms with E-state index in [9.17, 15) is 8.42 Å². The summed E-state index contributed by atoms with van der Waals surface area (Å²) < 4.78 is 26.6. The summed E-state index contributed by atoms with van der Waals surface area (Å²) in [5.74, 6) is 0.703. The highest BCUT2D eigenvalue weighted by Gasteiger charge is 2.30. The fourth-order valence-corrected chi connectivity index (χ4v) is 4.09. The molecule has 1 aliphatic rings. The third-order valence-electron chi connectivity index (χ3n) is 3.93. The Hall–Kier alpha value is -0.130. The van der Waals surface area contributed by atoms with Gasteiger partial charge in [0.1, 0.15) is 0 Å². The fraction of sp³-hybridized carbons (Fsp3) is 1.00. The molecule has 2 atom stereocenters. The monoisotopic (exact) mass is 276 g/mol. The van der Waals surface area contributed by atoms with Gasteiger partial charge in [0.15, 0.2) is 0 Å². The van der Waals surface area contributed by atoms with Crippen molar-refractivity contribution < 1.29 is 8.42 Å². The van der Waals surface area contributed by atoms with Crippen LogP contribution in [0.15, 0.2) is 0 Å². The van der Waals surface area contributed by atoms with E-state index in [0.717, 1.165) is 19.4 Å². The van der Waals surface area contributed by atoms with E-state index in [0.29, 0.717) is 25.6 Å². The lowest BCUT2D eigenvalue weighted by atomic mass is 9.98. The Morgan fingerprint density at radius 2 is 2.00 bits per heavy atom. The van der Waals surface area contributed by atoms with E-state index in [1.165, 1.54) is 12.8 Å². The molecule has 0 spiro atoms. The summed E-state index contributed by atoms with van der Waals surface area (Å²) in [6.07, 6.45) is 4.36. The summed E-state index contributed by atoms with van der Waals surface area (Å²) in [6, 6.07) is 0. The molecule has 1 fully saturated rings. The van der Waals surface area contributed by atoms with Crippen LogP contribution >= 0.6 is 0 Å². The van der Waals surface area contributed by atoms with E-state index in [1.54, 1.807) is 11.2 Å². The second-order valence-electron chi connectivity index (χ2n) is 5.27. The molecule has 0 aromatic carbocycles. The molecule has 4 nitrogen and oxygen atoms in total. The summed E-state index contributed by atoms with van der Waals surface area (Å²) in [6.45, 7) is 8.77. The number of nitrogens with one attached hydrogen (secondary N) is 1. The van der Waals surface area contributed by atoms with Gasteiger partial charge in [-0.25, -0.2) is 12.7 Å². The first-order valence-electron chi connectivity index (χ1n) is 7.22. The molecule has 0 aromatic rings. The van der Waals surface area contributed by atoms with Gasteiger partial charge in [0.2, 0.25) is 10.0 Å². The highest BCUT2D eigenvalue weighted by atomic mass is 32.2. The Morgan fingerprint density at radius 1 is 1.28 bits per heavy atom. The molecule has 108 valence electrons. The predicted molar refractivity (Wildman–Crippen MR) is 76.1 cm³/mol. The third-order valence-corrected chi connectivity index (χ3v) is 6.20. The van der Waals surface area contributed by atoms with Gasteiger partial charge in [-0.3, -0.25) is 0 Å². The Kier molecular flexibility index (Phi) is 6.60. The molecule has 2 unspecified atom stereocenters. The maximum atomic E-state index is 12.4. The molecule has 1 heterocycles. The lowest BCUT2D eigenvalue weighted by molar-refractivity contribution is 0.401. The maximum Gasteiger partial charge on any atom is 0.217 e. The summed E-state index contributed by atoms with van der Waals surface area (Å²) in [5.41, 5.74) is 0. The van der Waals surface area contributed by atoms with E-state index in [-0.39, 0.29) is 5.25 Å². The SMILES string of the molecule is CCNCC(C)S(=O)(=O)N1CCCC(CC)CC1. The van der Waals surface area contributed by atoms with E-state index < -0.39 is 10.0 Å². The average Bonchev–Trinajstić information content (AvgIpc) is 2.61. The zero-order valence-electron chi connectivity index (χ0n) is 12.0. The lowest BCUT2D eigenvalue weighted by Crippen LogP contribution is -2.42. The third kappa shape index (κ3) is 4.21. The minimum absolute atomic E-state index is 0.323. The second kappa shape index (κ2) is 7.46. The molecule has 1 saturated heterocycles. The van der Waals surface area contributed by atoms with Crippen molar-refractivity contribution in [3.8, 4) is 0 Å². The molecule has 1 aliphatic heterocycles. The molecule has 5 heteroatoms. The average molecular weight is 276 g/mol. The quantitative estimate of drug-likeness (QED) is 0.805. The molecule has 0 radical (unpaired) electrons. The first-order chi connectivity index (χ1) is 8.52. The van der Waals surface area contributed by atoms with Crippen LogP contribution < -0.4 is 5.32 Å². The van der Waals surface area contributed by atoms with Crippen molar-refractivity contribution in [2.75, 3.05) is 26.2 Å². The summed E-state index contributed by atoms with van der Waals surface area (Å²) in [4.78, 5) is 0. The van der Waals surface area contributed by atoms with Crippen molar-refractivity contribution in [2.24, 2.45) is 5.92 Å². The fourth-order valence-electron chi connectivity index (χ4n) is 2.51. The van der Waals surface area contributed by atoms with Crippen molar-refractivity contribution in [3.05, 3.63) is 0 Å². The van der Waals surface area contributed by atoms with E-state index >= 15 is 0 Å². The van der Waals surface area contributed by atoms with Crippen LogP contribution in [0.2, 0.25) is 0 Å². The normalized spacial score (nSPS) is 24.7. The van der Waals surface area contributed by atoms with Crippen LogP contribution in [0.5, 0.6) is 0 Å². The van der Waals surface area contributed by atoms with Crippen LogP contribution in [0.25, 0.3) is 0 Å². The highest BCUT2D eigenvalue weighted by Crippen LogP contribution is 2.23. The number of sulfonamides is 1. The molecule has 0 bridgehead atoms. The van der Waals surface area contributed by atoms with Crippen LogP contribution in [0.3, 0.4) is 0 Å². The lowest BCUT2D eigenvalue weighted by Gasteiger charge is -2.24. The Labute approximate surface area is 112 Å². The first kappa shape index (κ1) is 15.9. The first-order valence-corrected chi connectivity index (χ1v) is 8.72. The molecular formula is C13H28N2O2S. The van der Waals surface area contributed by atoms with Crippen molar-refractivity contribution >= 4 is 10.0 Å². The number of hydrogen-bond acceptors (Lipinski definition) is 3. The molecule has 0 amide bonds. The molecule has 18 heavy (non-hydrogen) atoms. The van der Waals surface area contributed by atoms with Crippen LogP contribution in [-0.4, -0.2) is 44.2 Å². The molecule has 0 saturated carbocycles. The van der Waals surface area contributed by atoms with Gasteiger partial charge in [0.25, 0.3) is 0 Å². The zero-order valence-corrected chi connectivity index (χ0v) is 12.8. The van der Waals surface area contributed by atoms with Crippen LogP contribution in [-0.2, 0) is 10.0 Å². The Morgan fingerprint density at radius 3 is 2.61 bits per heavy atom. The van der Waals surface area contributed by atoms with Gasteiger partial charge in [-0.15, -0.1) is 0 Å². The molecule has 1 N–H and O–H groups in total. The summed E-state index contributed by atoms with van der Waals surface area (Å²) >= 11 is 0. The van der Waals surface area contributed by atoms with Gasteiger partial charge < -0.3 is 5.32 Å². The van der Waals surface area contributed by atoms with Gasteiger partial charge in [0.05, 0.1) is 5.25 Å². The number of hydrogen-bond donors (Lipinski definition) is 1. The number of nitrogens with zero attached hydrogens (tertiary/aromatic N) is 1. The topological polar surface area (TPSA) is 49.4 Å². The molecular weight excluding hydrogens is 248 g/mol. The maximum absolute atomic E-state index is 12.4. The smallest absolute Gasteiger partial charge is 0.217 e. The predicted octanol–water partition coefficient (Wildman–Crippen LogP) is 1.83. The van der Waals surface area contributed by atoms with Crippen molar-refractivity contribution in [2.45, 2.75) is 51.7 Å². The minimum Gasteiger partial charge on any atom is -0.316 e. The van der Waals surface area contributed by atoms with Gasteiger partial charge in [-0.1, -0.05) is 20.3 Å². The van der Waals surface area contributed by atoms with E-state index in [4.69, 9.17) is 0 Å². The molecule has 1 rings (SSSR count). The van der Waals surface area contributed by atoms with Crippen LogP contribution in [0.1, 0.15) is 46.5 Å².